The molecule has 4 nitrogen and oxygen atoms in total. The molecule has 0 atom stereocenters. The fraction of sp³-hybridized carbons (Fsp3) is 0.600. The number of aryl methyl sites for hydroxylation is 1. The number of unbranched alkanes of at least 4 members (excludes halogenated alkanes) is 1. The first kappa shape index (κ1) is 16.8. The van der Waals surface area contributed by atoms with Crippen molar-refractivity contribution >= 4 is 31.6 Å². The molecule has 6 heteroatoms. The summed E-state index contributed by atoms with van der Waals surface area (Å²) < 4.78 is 27.1. The van der Waals surface area contributed by atoms with Crippen LogP contribution < -0.4 is 4.90 Å². The molecule has 2 rings (SSSR count). The summed E-state index contributed by atoms with van der Waals surface area (Å²) in [5.41, 5.74) is 2.36. The van der Waals surface area contributed by atoms with Gasteiger partial charge in [0.05, 0.1) is 11.4 Å². The van der Waals surface area contributed by atoms with Gasteiger partial charge in [0.15, 0.2) is 0 Å². The van der Waals surface area contributed by atoms with Crippen molar-refractivity contribution in [2.75, 3.05) is 36.8 Å². The van der Waals surface area contributed by atoms with Crippen LogP contribution in [0.4, 0.5) is 5.69 Å². The molecule has 1 aliphatic rings. The van der Waals surface area contributed by atoms with E-state index < -0.39 is 10.0 Å². The molecular formula is C15H23BrN2O2S. The van der Waals surface area contributed by atoms with E-state index in [1.807, 2.05) is 6.92 Å². The van der Waals surface area contributed by atoms with Crippen LogP contribution in [0.1, 0.15) is 25.3 Å². The summed E-state index contributed by atoms with van der Waals surface area (Å²) in [7, 11) is -3.07. The number of rotatable bonds is 5. The Labute approximate surface area is 136 Å². The van der Waals surface area contributed by atoms with Crippen LogP contribution in [-0.2, 0) is 10.0 Å². The second-order valence-corrected chi connectivity index (χ2v) is 8.45. The van der Waals surface area contributed by atoms with Crippen molar-refractivity contribution < 1.29 is 8.42 Å². The van der Waals surface area contributed by atoms with E-state index in [4.69, 9.17) is 0 Å². The van der Waals surface area contributed by atoms with Crippen molar-refractivity contribution in [2.24, 2.45) is 0 Å². The largest absolute Gasteiger partial charge is 0.368 e. The van der Waals surface area contributed by atoms with Crippen molar-refractivity contribution in [1.82, 2.24) is 4.31 Å². The van der Waals surface area contributed by atoms with Gasteiger partial charge in [-0.1, -0.05) is 19.4 Å². The second-order valence-electron chi connectivity index (χ2n) is 5.51. The third kappa shape index (κ3) is 4.20. The molecule has 0 amide bonds. The van der Waals surface area contributed by atoms with Gasteiger partial charge in [0.25, 0.3) is 0 Å². The van der Waals surface area contributed by atoms with E-state index in [0.29, 0.717) is 13.1 Å². The van der Waals surface area contributed by atoms with E-state index in [-0.39, 0.29) is 5.75 Å². The van der Waals surface area contributed by atoms with E-state index in [9.17, 15) is 8.42 Å². The molecule has 0 aromatic heterocycles. The minimum Gasteiger partial charge on any atom is -0.368 e. The van der Waals surface area contributed by atoms with E-state index in [1.54, 1.807) is 4.31 Å². The number of halogens is 1. The van der Waals surface area contributed by atoms with Gasteiger partial charge in [-0.05, 0) is 47.0 Å². The van der Waals surface area contributed by atoms with Gasteiger partial charge in [0, 0.05) is 30.7 Å². The van der Waals surface area contributed by atoms with Gasteiger partial charge >= 0.3 is 0 Å². The van der Waals surface area contributed by atoms with Gasteiger partial charge in [0.2, 0.25) is 10.0 Å². The minimum absolute atomic E-state index is 0.276. The number of piperazine rings is 1. The van der Waals surface area contributed by atoms with Crippen molar-refractivity contribution in [1.29, 1.82) is 0 Å². The van der Waals surface area contributed by atoms with Gasteiger partial charge in [-0.3, -0.25) is 0 Å². The Bertz CT molecular complexity index is 581. The summed E-state index contributed by atoms with van der Waals surface area (Å²) in [5, 5.41) is 0. The van der Waals surface area contributed by atoms with E-state index in [1.165, 1.54) is 5.56 Å². The summed E-state index contributed by atoms with van der Waals surface area (Å²) in [6.07, 6.45) is 1.65. The lowest BCUT2D eigenvalue weighted by Crippen LogP contribution is -2.49. The summed E-state index contributed by atoms with van der Waals surface area (Å²) in [6, 6.07) is 6.28. The van der Waals surface area contributed by atoms with Crippen LogP contribution in [0.5, 0.6) is 0 Å². The van der Waals surface area contributed by atoms with Gasteiger partial charge in [-0.2, -0.15) is 4.31 Å². The molecule has 1 saturated heterocycles. The molecule has 1 aliphatic heterocycles. The fourth-order valence-corrected chi connectivity index (χ4v) is 4.91. The van der Waals surface area contributed by atoms with Crippen LogP contribution in [0.15, 0.2) is 22.7 Å². The smallest absolute Gasteiger partial charge is 0.214 e. The molecule has 21 heavy (non-hydrogen) atoms. The van der Waals surface area contributed by atoms with Crippen molar-refractivity contribution in [3.8, 4) is 0 Å². The zero-order valence-corrected chi connectivity index (χ0v) is 15.1. The van der Waals surface area contributed by atoms with Crippen molar-refractivity contribution in [2.45, 2.75) is 26.7 Å². The Hall–Kier alpha value is -0.590. The van der Waals surface area contributed by atoms with Crippen LogP contribution in [0.3, 0.4) is 0 Å². The van der Waals surface area contributed by atoms with Crippen molar-refractivity contribution in [3.63, 3.8) is 0 Å². The Morgan fingerprint density at radius 3 is 2.43 bits per heavy atom. The minimum atomic E-state index is -3.07. The molecule has 118 valence electrons. The Morgan fingerprint density at radius 2 is 1.86 bits per heavy atom. The average Bonchev–Trinajstić information content (AvgIpc) is 2.45. The molecule has 1 aromatic rings. The summed E-state index contributed by atoms with van der Waals surface area (Å²) in [4.78, 5) is 2.25. The van der Waals surface area contributed by atoms with E-state index in [0.717, 1.165) is 36.1 Å². The third-order valence-electron chi connectivity index (χ3n) is 3.83. The maximum Gasteiger partial charge on any atom is 0.214 e. The lowest BCUT2D eigenvalue weighted by atomic mass is 10.2. The lowest BCUT2D eigenvalue weighted by Gasteiger charge is -2.36. The highest BCUT2D eigenvalue weighted by atomic mass is 79.9. The predicted octanol–water partition coefficient (Wildman–Crippen LogP) is 3.01. The highest BCUT2D eigenvalue weighted by Crippen LogP contribution is 2.28. The molecule has 0 radical (unpaired) electrons. The van der Waals surface area contributed by atoms with Crippen LogP contribution in [0, 0.1) is 6.92 Å². The first-order valence-corrected chi connectivity index (χ1v) is 9.83. The number of benzene rings is 1. The quantitative estimate of drug-likeness (QED) is 0.795. The first-order chi connectivity index (χ1) is 9.94. The maximum atomic E-state index is 12.2. The van der Waals surface area contributed by atoms with Gasteiger partial charge in [0.1, 0.15) is 0 Å². The number of sulfonamides is 1. The highest BCUT2D eigenvalue weighted by molar-refractivity contribution is 9.10. The monoisotopic (exact) mass is 374 g/mol. The fourth-order valence-electron chi connectivity index (χ4n) is 2.53. The normalized spacial score (nSPS) is 17.2. The topological polar surface area (TPSA) is 40.6 Å². The zero-order chi connectivity index (χ0) is 15.5. The Morgan fingerprint density at radius 1 is 1.19 bits per heavy atom. The van der Waals surface area contributed by atoms with Crippen LogP contribution in [0.25, 0.3) is 0 Å². The Balaban J connectivity index is 2.00. The molecule has 0 spiro atoms. The first-order valence-electron chi connectivity index (χ1n) is 7.43. The summed E-state index contributed by atoms with van der Waals surface area (Å²) in [5.74, 6) is 0.276. The van der Waals surface area contributed by atoms with Crippen LogP contribution in [0.2, 0.25) is 0 Å². The highest BCUT2D eigenvalue weighted by Gasteiger charge is 2.26. The average molecular weight is 375 g/mol. The third-order valence-corrected chi connectivity index (χ3v) is 6.42. The number of hydrogen-bond donors (Lipinski definition) is 0. The molecule has 1 heterocycles. The summed E-state index contributed by atoms with van der Waals surface area (Å²) >= 11 is 3.60. The summed E-state index contributed by atoms with van der Waals surface area (Å²) in [6.45, 7) is 6.72. The van der Waals surface area contributed by atoms with Gasteiger partial charge in [-0.25, -0.2) is 8.42 Å². The second kappa shape index (κ2) is 7.11. The van der Waals surface area contributed by atoms with Crippen LogP contribution in [-0.4, -0.2) is 44.7 Å². The molecule has 1 fully saturated rings. The zero-order valence-electron chi connectivity index (χ0n) is 12.7. The number of hydrogen-bond acceptors (Lipinski definition) is 3. The van der Waals surface area contributed by atoms with E-state index in [2.05, 4.69) is 46.0 Å². The van der Waals surface area contributed by atoms with E-state index >= 15 is 0 Å². The number of nitrogens with zero attached hydrogens (tertiary/aromatic N) is 2. The molecule has 0 aliphatic carbocycles. The van der Waals surface area contributed by atoms with Crippen LogP contribution >= 0.6 is 15.9 Å². The molecule has 0 bridgehead atoms. The molecular weight excluding hydrogens is 352 g/mol. The van der Waals surface area contributed by atoms with Gasteiger partial charge < -0.3 is 4.90 Å². The SMILES string of the molecule is CCCCS(=O)(=O)N1CCN(c2ccc(C)cc2Br)CC1. The Kier molecular flexibility index (Phi) is 5.68. The predicted molar refractivity (Wildman–Crippen MR) is 91.4 cm³/mol. The molecule has 1 aromatic carbocycles. The molecule has 0 unspecified atom stereocenters. The lowest BCUT2D eigenvalue weighted by molar-refractivity contribution is 0.384. The van der Waals surface area contributed by atoms with Gasteiger partial charge in [-0.15, -0.1) is 0 Å². The van der Waals surface area contributed by atoms with Crippen molar-refractivity contribution in [3.05, 3.63) is 28.2 Å². The molecule has 0 saturated carbocycles. The standard InChI is InChI=1S/C15H23BrN2O2S/c1-3-4-11-21(19,20)18-9-7-17(8-10-18)15-6-5-13(2)12-14(15)16/h5-6,12H,3-4,7-11H2,1-2H3. The molecule has 0 N–H and O–H groups in total. The maximum absolute atomic E-state index is 12.2. The number of anilines is 1.